The van der Waals surface area contributed by atoms with Crippen molar-refractivity contribution in [3.63, 3.8) is 0 Å². The fraction of sp³-hybridized carbons (Fsp3) is 0.462. The summed E-state index contributed by atoms with van der Waals surface area (Å²) in [5.41, 5.74) is 0.792. The normalized spacial score (nSPS) is 12.2. The summed E-state index contributed by atoms with van der Waals surface area (Å²) in [6.07, 6.45) is 0.300. The Morgan fingerprint density at radius 3 is 2.89 bits per heavy atom. The molecule has 0 aliphatic rings. The van der Waals surface area contributed by atoms with Gasteiger partial charge in [-0.3, -0.25) is 4.79 Å². The molecule has 1 atom stereocenters. The zero-order chi connectivity index (χ0) is 13.5. The summed E-state index contributed by atoms with van der Waals surface area (Å²) in [6.45, 7) is 4.54. The monoisotopic (exact) mass is 273 g/mol. The number of hydrogen-bond donors (Lipinski definition) is 1. The first-order valence-electron chi connectivity index (χ1n) is 5.88. The predicted octanol–water partition coefficient (Wildman–Crippen LogP) is 3.08. The highest BCUT2D eigenvalue weighted by molar-refractivity contribution is 6.30. The van der Waals surface area contributed by atoms with Crippen molar-refractivity contribution < 1.29 is 13.9 Å². The molecule has 0 radical (unpaired) electrons. The van der Waals surface area contributed by atoms with Crippen LogP contribution in [0.4, 0.5) is 4.39 Å². The molecule has 0 aromatic heterocycles. The number of carbonyl (C=O) groups excluding carboxylic acids is 1. The highest BCUT2D eigenvalue weighted by atomic mass is 35.5. The van der Waals surface area contributed by atoms with Gasteiger partial charge in [0.05, 0.1) is 18.1 Å². The summed E-state index contributed by atoms with van der Waals surface area (Å²) in [5.74, 6) is -0.673. The Hall–Kier alpha value is -1.13. The van der Waals surface area contributed by atoms with Crippen LogP contribution in [-0.2, 0) is 9.53 Å². The van der Waals surface area contributed by atoms with Crippen LogP contribution in [0.15, 0.2) is 18.2 Å². The first-order valence-corrected chi connectivity index (χ1v) is 6.26. The van der Waals surface area contributed by atoms with Crippen molar-refractivity contribution in [2.45, 2.75) is 26.3 Å². The van der Waals surface area contributed by atoms with Crippen LogP contribution in [-0.4, -0.2) is 19.1 Å². The molecular formula is C13H17ClFNO2. The molecule has 5 heteroatoms. The number of carbonyl (C=O) groups is 1. The van der Waals surface area contributed by atoms with Crippen molar-refractivity contribution in [1.82, 2.24) is 5.32 Å². The van der Waals surface area contributed by atoms with Gasteiger partial charge in [0, 0.05) is 12.6 Å². The standard InChI is InChI=1S/C13H17ClFNO2/c1-3-18-13(17)6-7-16-9(2)10-4-5-11(14)12(15)8-10/h4-5,8-9,16H,3,6-7H2,1-2H3. The van der Waals surface area contributed by atoms with E-state index in [9.17, 15) is 9.18 Å². The minimum Gasteiger partial charge on any atom is -0.466 e. The number of nitrogens with one attached hydrogen (secondary N) is 1. The van der Waals surface area contributed by atoms with Gasteiger partial charge in [0.2, 0.25) is 0 Å². The van der Waals surface area contributed by atoms with Crippen LogP contribution in [0, 0.1) is 5.82 Å². The Bertz CT molecular complexity index is 412. The van der Waals surface area contributed by atoms with Crippen LogP contribution < -0.4 is 5.32 Å². The molecule has 0 aliphatic carbocycles. The molecule has 1 rings (SSSR count). The van der Waals surface area contributed by atoms with E-state index in [0.717, 1.165) is 5.56 Å². The van der Waals surface area contributed by atoms with Gasteiger partial charge in [0.15, 0.2) is 0 Å². The van der Waals surface area contributed by atoms with Gasteiger partial charge in [0.1, 0.15) is 5.82 Å². The topological polar surface area (TPSA) is 38.3 Å². The lowest BCUT2D eigenvalue weighted by Gasteiger charge is -2.14. The number of benzene rings is 1. The number of rotatable bonds is 6. The molecule has 18 heavy (non-hydrogen) atoms. The second-order valence-corrected chi connectivity index (χ2v) is 4.31. The molecule has 100 valence electrons. The molecule has 1 aromatic carbocycles. The second kappa shape index (κ2) is 7.34. The molecule has 0 aliphatic heterocycles. The lowest BCUT2D eigenvalue weighted by Crippen LogP contribution is -2.22. The van der Waals surface area contributed by atoms with E-state index in [1.54, 1.807) is 13.0 Å². The summed E-state index contributed by atoms with van der Waals surface area (Å²) in [4.78, 5) is 11.1. The molecule has 1 aromatic rings. The van der Waals surface area contributed by atoms with E-state index in [1.807, 2.05) is 6.92 Å². The Morgan fingerprint density at radius 1 is 1.56 bits per heavy atom. The van der Waals surface area contributed by atoms with Gasteiger partial charge < -0.3 is 10.1 Å². The zero-order valence-corrected chi connectivity index (χ0v) is 11.3. The smallest absolute Gasteiger partial charge is 0.307 e. The van der Waals surface area contributed by atoms with E-state index in [1.165, 1.54) is 12.1 Å². The van der Waals surface area contributed by atoms with E-state index >= 15 is 0 Å². The van der Waals surface area contributed by atoms with Crippen molar-refractivity contribution in [3.05, 3.63) is 34.6 Å². The van der Waals surface area contributed by atoms with E-state index in [0.29, 0.717) is 19.6 Å². The van der Waals surface area contributed by atoms with Gasteiger partial charge >= 0.3 is 5.97 Å². The minimum atomic E-state index is -0.437. The molecule has 1 unspecified atom stereocenters. The Morgan fingerprint density at radius 2 is 2.28 bits per heavy atom. The van der Waals surface area contributed by atoms with Gasteiger partial charge in [-0.2, -0.15) is 0 Å². The lowest BCUT2D eigenvalue weighted by atomic mass is 10.1. The van der Waals surface area contributed by atoms with Crippen molar-refractivity contribution in [2.24, 2.45) is 0 Å². The first kappa shape index (κ1) is 14.9. The summed E-state index contributed by atoms with van der Waals surface area (Å²) in [5, 5.41) is 3.23. The van der Waals surface area contributed by atoms with Crippen molar-refractivity contribution in [3.8, 4) is 0 Å². The van der Waals surface area contributed by atoms with E-state index in [4.69, 9.17) is 16.3 Å². The number of esters is 1. The summed E-state index contributed by atoms with van der Waals surface area (Å²) in [6, 6.07) is 4.62. The molecule has 0 fully saturated rings. The molecule has 3 nitrogen and oxygen atoms in total. The molecule has 0 bridgehead atoms. The van der Waals surface area contributed by atoms with E-state index in [2.05, 4.69) is 5.32 Å². The zero-order valence-electron chi connectivity index (χ0n) is 10.5. The quantitative estimate of drug-likeness (QED) is 0.810. The van der Waals surface area contributed by atoms with Gasteiger partial charge in [-0.15, -0.1) is 0 Å². The molecule has 0 spiro atoms. The van der Waals surface area contributed by atoms with Crippen LogP contribution in [0.2, 0.25) is 5.02 Å². The molecule has 0 amide bonds. The van der Waals surface area contributed by atoms with E-state index < -0.39 is 5.82 Å². The van der Waals surface area contributed by atoms with Crippen molar-refractivity contribution in [2.75, 3.05) is 13.2 Å². The van der Waals surface area contributed by atoms with Crippen molar-refractivity contribution >= 4 is 17.6 Å². The maximum atomic E-state index is 13.3. The number of halogens is 2. The Kier molecular flexibility index (Phi) is 6.09. The molecule has 0 saturated heterocycles. The van der Waals surface area contributed by atoms with Gasteiger partial charge in [-0.05, 0) is 31.5 Å². The first-order chi connectivity index (χ1) is 8.54. The predicted molar refractivity (Wildman–Crippen MR) is 69.1 cm³/mol. The summed E-state index contributed by atoms with van der Waals surface area (Å²) < 4.78 is 18.1. The Balaban J connectivity index is 2.43. The third-order valence-electron chi connectivity index (χ3n) is 2.53. The third kappa shape index (κ3) is 4.63. The van der Waals surface area contributed by atoms with Gasteiger partial charge in [0.25, 0.3) is 0 Å². The van der Waals surface area contributed by atoms with Crippen LogP contribution in [0.3, 0.4) is 0 Å². The van der Waals surface area contributed by atoms with Crippen LogP contribution in [0.1, 0.15) is 31.9 Å². The highest BCUT2D eigenvalue weighted by Gasteiger charge is 2.09. The highest BCUT2D eigenvalue weighted by Crippen LogP contribution is 2.19. The SMILES string of the molecule is CCOC(=O)CCNC(C)c1ccc(Cl)c(F)c1. The van der Waals surface area contributed by atoms with Crippen LogP contribution in [0.5, 0.6) is 0 Å². The van der Waals surface area contributed by atoms with Gasteiger partial charge in [-0.1, -0.05) is 17.7 Å². The lowest BCUT2D eigenvalue weighted by molar-refractivity contribution is -0.143. The van der Waals surface area contributed by atoms with Gasteiger partial charge in [-0.25, -0.2) is 4.39 Å². The van der Waals surface area contributed by atoms with Crippen molar-refractivity contribution in [1.29, 1.82) is 0 Å². The average molecular weight is 274 g/mol. The molecule has 1 N–H and O–H groups in total. The summed E-state index contributed by atoms with van der Waals surface area (Å²) in [7, 11) is 0. The molecule has 0 saturated carbocycles. The van der Waals surface area contributed by atoms with Crippen LogP contribution in [0.25, 0.3) is 0 Å². The maximum absolute atomic E-state index is 13.3. The average Bonchev–Trinajstić information content (AvgIpc) is 2.33. The Labute approximate surface area is 111 Å². The minimum absolute atomic E-state index is 0.0498. The molecular weight excluding hydrogens is 257 g/mol. The maximum Gasteiger partial charge on any atom is 0.307 e. The fourth-order valence-corrected chi connectivity index (χ4v) is 1.64. The number of hydrogen-bond acceptors (Lipinski definition) is 3. The summed E-state index contributed by atoms with van der Waals surface area (Å²) >= 11 is 5.61. The largest absolute Gasteiger partial charge is 0.466 e. The van der Waals surface area contributed by atoms with Crippen LogP contribution >= 0.6 is 11.6 Å². The van der Waals surface area contributed by atoms with E-state index in [-0.39, 0.29) is 17.0 Å². The molecule has 0 heterocycles. The second-order valence-electron chi connectivity index (χ2n) is 3.90. The third-order valence-corrected chi connectivity index (χ3v) is 2.84. The number of ether oxygens (including phenoxy) is 1. The fourth-order valence-electron chi connectivity index (χ4n) is 1.52.